The molecule has 124 valence electrons. The Hall–Kier alpha value is -0.180. The molecule has 0 amide bonds. The maximum Gasteiger partial charge on any atom is 0.318 e. The van der Waals surface area contributed by atoms with Gasteiger partial charge in [0.15, 0.2) is 0 Å². The number of unbranched alkanes of at least 4 members (excludes halogenated alkanes) is 6. The second-order valence-electron chi connectivity index (χ2n) is 6.39. The van der Waals surface area contributed by atoms with E-state index in [1.807, 2.05) is 6.92 Å². The van der Waals surface area contributed by atoms with E-state index < -0.39 is 0 Å². The zero-order chi connectivity index (χ0) is 15.3. The summed E-state index contributed by atoms with van der Waals surface area (Å²) in [5.41, 5.74) is 0. The van der Waals surface area contributed by atoms with Gasteiger partial charge in [-0.2, -0.15) is 0 Å². The largest absolute Gasteiger partial charge is 0.465 e. The molecule has 2 nitrogen and oxygen atoms in total. The Kier molecular flexibility index (Phi) is 11.1. The highest BCUT2D eigenvalue weighted by Crippen LogP contribution is 2.34. The molecule has 0 aromatic rings. The first kappa shape index (κ1) is 18.9. The Bertz CT molecular complexity index is 264. The van der Waals surface area contributed by atoms with Gasteiger partial charge in [0.1, 0.15) is 0 Å². The van der Waals surface area contributed by atoms with Crippen molar-refractivity contribution in [3.8, 4) is 0 Å². The first-order valence-electron chi connectivity index (χ1n) is 9.02. The minimum absolute atomic E-state index is 0.000368. The van der Waals surface area contributed by atoms with Crippen LogP contribution in [0.3, 0.4) is 0 Å². The number of hydrogen-bond donors (Lipinski definition) is 0. The second-order valence-corrected chi connectivity index (χ2v) is 7.84. The summed E-state index contributed by atoms with van der Waals surface area (Å²) in [6.45, 7) is 4.78. The molecule has 1 saturated carbocycles. The van der Waals surface area contributed by atoms with Crippen LogP contribution in [0.25, 0.3) is 0 Å². The summed E-state index contributed by atoms with van der Waals surface area (Å²) in [4.78, 5) is 11.8. The molecule has 1 unspecified atom stereocenters. The fraction of sp³-hybridized carbons (Fsp3) is 0.944. The highest BCUT2D eigenvalue weighted by molar-refractivity contribution is 8.00. The van der Waals surface area contributed by atoms with Gasteiger partial charge in [0, 0.05) is 0 Å². The molecule has 0 heterocycles. The van der Waals surface area contributed by atoms with Crippen LogP contribution < -0.4 is 0 Å². The average Bonchev–Trinajstić information content (AvgIpc) is 3.30. The Balaban J connectivity index is 1.82. The van der Waals surface area contributed by atoms with Crippen LogP contribution in [0.5, 0.6) is 0 Å². The molecule has 1 fully saturated rings. The van der Waals surface area contributed by atoms with Crippen LogP contribution in [0.15, 0.2) is 0 Å². The van der Waals surface area contributed by atoms with Crippen molar-refractivity contribution in [2.75, 3.05) is 12.4 Å². The summed E-state index contributed by atoms with van der Waals surface area (Å²) in [7, 11) is 0. The van der Waals surface area contributed by atoms with Crippen molar-refractivity contribution in [1.82, 2.24) is 0 Å². The third-order valence-electron chi connectivity index (χ3n) is 4.15. The molecule has 0 aromatic heterocycles. The van der Waals surface area contributed by atoms with E-state index in [0.29, 0.717) is 6.61 Å². The van der Waals surface area contributed by atoms with Gasteiger partial charge >= 0.3 is 5.97 Å². The molecular weight excluding hydrogens is 280 g/mol. The summed E-state index contributed by atoms with van der Waals surface area (Å²) in [6, 6.07) is 0. The van der Waals surface area contributed by atoms with Crippen LogP contribution >= 0.6 is 11.8 Å². The van der Waals surface area contributed by atoms with E-state index in [1.54, 1.807) is 11.8 Å². The Labute approximate surface area is 135 Å². The molecule has 0 N–H and O–H groups in total. The van der Waals surface area contributed by atoms with E-state index in [9.17, 15) is 4.79 Å². The van der Waals surface area contributed by atoms with Gasteiger partial charge in [-0.05, 0) is 31.4 Å². The maximum atomic E-state index is 11.8. The minimum Gasteiger partial charge on any atom is -0.465 e. The first-order chi connectivity index (χ1) is 10.2. The summed E-state index contributed by atoms with van der Waals surface area (Å²) in [5, 5.41) is 0.000368. The minimum atomic E-state index is -0.0229. The summed E-state index contributed by atoms with van der Waals surface area (Å²) >= 11 is 1.73. The van der Waals surface area contributed by atoms with Crippen LogP contribution in [0.1, 0.15) is 84.5 Å². The molecule has 0 spiro atoms. The van der Waals surface area contributed by atoms with Crippen molar-refractivity contribution in [2.24, 2.45) is 5.92 Å². The number of carbonyl (C=O) groups excluding carboxylic acids is 1. The van der Waals surface area contributed by atoms with E-state index in [0.717, 1.165) is 18.1 Å². The highest BCUT2D eigenvalue weighted by Gasteiger charge is 2.19. The number of hydrogen-bond acceptors (Lipinski definition) is 3. The fourth-order valence-electron chi connectivity index (χ4n) is 2.44. The number of carbonyl (C=O) groups is 1. The normalized spacial score (nSPS) is 15.9. The zero-order valence-electron chi connectivity index (χ0n) is 14.1. The molecule has 1 rings (SSSR count). The highest BCUT2D eigenvalue weighted by atomic mass is 32.2. The van der Waals surface area contributed by atoms with Gasteiger partial charge in [-0.25, -0.2) is 0 Å². The van der Waals surface area contributed by atoms with Crippen LogP contribution in [-0.2, 0) is 9.53 Å². The summed E-state index contributed by atoms with van der Waals surface area (Å²) < 4.78 is 5.36. The molecule has 0 bridgehead atoms. The summed E-state index contributed by atoms with van der Waals surface area (Å²) in [5.74, 6) is 2.12. The van der Waals surface area contributed by atoms with Crippen LogP contribution in [-0.4, -0.2) is 23.6 Å². The lowest BCUT2D eigenvalue weighted by molar-refractivity contribution is -0.142. The standard InChI is InChI=1S/C18H34O2S/c1-3-4-10-15-21-16(2)18(19)20-14-9-7-5-6-8-11-17-12-13-17/h16-17H,3-15H2,1-2H3. The number of esters is 1. The van der Waals surface area contributed by atoms with E-state index in [1.165, 1.54) is 64.2 Å². The van der Waals surface area contributed by atoms with Gasteiger partial charge in [-0.1, -0.05) is 64.7 Å². The SMILES string of the molecule is CCCCCSC(C)C(=O)OCCCCCCCC1CC1. The molecule has 1 aliphatic carbocycles. The van der Waals surface area contributed by atoms with Gasteiger partial charge in [-0.15, -0.1) is 11.8 Å². The monoisotopic (exact) mass is 314 g/mol. The molecule has 1 atom stereocenters. The number of thioether (sulfide) groups is 1. The molecule has 3 heteroatoms. The van der Waals surface area contributed by atoms with E-state index in [-0.39, 0.29) is 11.2 Å². The molecule has 0 aromatic carbocycles. The number of ether oxygens (including phenoxy) is 1. The van der Waals surface area contributed by atoms with Crippen molar-refractivity contribution in [3.63, 3.8) is 0 Å². The quantitative estimate of drug-likeness (QED) is 0.309. The van der Waals surface area contributed by atoms with Crippen molar-refractivity contribution in [1.29, 1.82) is 0 Å². The second kappa shape index (κ2) is 12.4. The maximum absolute atomic E-state index is 11.8. The van der Waals surface area contributed by atoms with E-state index in [4.69, 9.17) is 4.74 Å². The summed E-state index contributed by atoms with van der Waals surface area (Å²) in [6.07, 6.45) is 14.4. The molecular formula is C18H34O2S. The van der Waals surface area contributed by atoms with Crippen LogP contribution in [0.2, 0.25) is 0 Å². The molecule has 21 heavy (non-hydrogen) atoms. The lowest BCUT2D eigenvalue weighted by Crippen LogP contribution is -2.18. The van der Waals surface area contributed by atoms with Crippen molar-refractivity contribution in [3.05, 3.63) is 0 Å². The third-order valence-corrected chi connectivity index (χ3v) is 5.36. The van der Waals surface area contributed by atoms with Crippen LogP contribution in [0.4, 0.5) is 0 Å². The third kappa shape index (κ3) is 11.1. The van der Waals surface area contributed by atoms with E-state index >= 15 is 0 Å². The van der Waals surface area contributed by atoms with Gasteiger partial charge in [0.2, 0.25) is 0 Å². The lowest BCUT2D eigenvalue weighted by Gasteiger charge is -2.11. The van der Waals surface area contributed by atoms with Gasteiger partial charge in [-0.3, -0.25) is 4.79 Å². The van der Waals surface area contributed by atoms with Crippen molar-refractivity contribution < 1.29 is 9.53 Å². The van der Waals surface area contributed by atoms with E-state index in [2.05, 4.69) is 6.92 Å². The zero-order valence-corrected chi connectivity index (χ0v) is 14.9. The smallest absolute Gasteiger partial charge is 0.318 e. The number of rotatable bonds is 14. The van der Waals surface area contributed by atoms with Crippen LogP contribution in [0, 0.1) is 5.92 Å². The Morgan fingerprint density at radius 1 is 1.10 bits per heavy atom. The van der Waals surface area contributed by atoms with Crippen molar-refractivity contribution >= 4 is 17.7 Å². The molecule has 0 saturated heterocycles. The Morgan fingerprint density at radius 2 is 1.81 bits per heavy atom. The molecule has 1 aliphatic rings. The predicted molar refractivity (Wildman–Crippen MR) is 92.8 cm³/mol. The molecule has 0 aliphatic heterocycles. The fourth-order valence-corrected chi connectivity index (χ4v) is 3.37. The Morgan fingerprint density at radius 3 is 2.52 bits per heavy atom. The predicted octanol–water partition coefficient (Wildman–Crippen LogP) is 5.59. The molecule has 0 radical (unpaired) electrons. The first-order valence-corrected chi connectivity index (χ1v) is 10.1. The van der Waals surface area contributed by atoms with Gasteiger partial charge in [0.05, 0.1) is 11.9 Å². The van der Waals surface area contributed by atoms with Gasteiger partial charge in [0.25, 0.3) is 0 Å². The average molecular weight is 315 g/mol. The lowest BCUT2D eigenvalue weighted by atomic mass is 10.1. The topological polar surface area (TPSA) is 26.3 Å². The van der Waals surface area contributed by atoms with Crippen molar-refractivity contribution in [2.45, 2.75) is 89.7 Å². The van der Waals surface area contributed by atoms with Gasteiger partial charge < -0.3 is 4.74 Å².